The van der Waals surface area contributed by atoms with Crippen LogP contribution in [0.1, 0.15) is 90.9 Å². The highest BCUT2D eigenvalue weighted by Gasteiger charge is 2.28. The molecule has 0 saturated heterocycles. The van der Waals surface area contributed by atoms with Gasteiger partial charge in [0.25, 0.3) is 0 Å². The molecule has 6 rings (SSSR count). The van der Waals surface area contributed by atoms with Gasteiger partial charge in [0, 0.05) is 20.9 Å². The monoisotopic (exact) mass is 894 g/mol. The maximum Gasteiger partial charge on any atom is 0.170 e. The summed E-state index contributed by atoms with van der Waals surface area (Å²) in [5, 5.41) is 0. The van der Waals surface area contributed by atoms with Crippen LogP contribution < -0.4 is 9.47 Å². The molecule has 3 aromatic heterocycles. The number of aromatic nitrogens is 2. The van der Waals surface area contributed by atoms with Gasteiger partial charge in [0.1, 0.15) is 22.5 Å². The Hall–Kier alpha value is -3.18. The van der Waals surface area contributed by atoms with E-state index in [-0.39, 0.29) is 11.1 Å². The lowest BCUT2D eigenvalue weighted by Gasteiger charge is -2.17. The van der Waals surface area contributed by atoms with Crippen molar-refractivity contribution in [2.45, 2.75) is 90.9 Å². The molecule has 0 unspecified atom stereocenters. The maximum absolute atomic E-state index is 16.4. The molecule has 0 atom stereocenters. The van der Waals surface area contributed by atoms with Crippen LogP contribution in [0.25, 0.3) is 54.4 Å². The van der Waals surface area contributed by atoms with E-state index in [1.54, 1.807) is 12.1 Å². The Balaban J connectivity index is 1.40. The lowest BCUT2D eigenvalue weighted by Crippen LogP contribution is -2.03. The highest BCUT2D eigenvalue weighted by molar-refractivity contribution is 9.11. The van der Waals surface area contributed by atoms with Gasteiger partial charge in [-0.25, -0.2) is 18.7 Å². The maximum atomic E-state index is 16.4. The fourth-order valence-electron chi connectivity index (χ4n) is 6.52. The van der Waals surface area contributed by atoms with E-state index >= 15 is 8.78 Å². The average molecular weight is 897 g/mol. The van der Waals surface area contributed by atoms with E-state index in [1.165, 1.54) is 74.0 Å². The first-order chi connectivity index (χ1) is 26.4. The molecule has 3 aromatic carbocycles. The van der Waals surface area contributed by atoms with Crippen LogP contribution in [0.5, 0.6) is 11.5 Å². The largest absolute Gasteiger partial charge is 0.494 e. The minimum Gasteiger partial charge on any atom is -0.494 e. The Morgan fingerprint density at radius 2 is 0.870 bits per heavy atom. The molecule has 0 aliphatic carbocycles. The Bertz CT molecular complexity index is 1970. The fraction of sp³-hybridized carbons (Fsp3) is 0.364. The molecule has 0 bridgehead atoms. The van der Waals surface area contributed by atoms with E-state index in [9.17, 15) is 0 Å². The van der Waals surface area contributed by atoms with Crippen molar-refractivity contribution in [2.24, 2.45) is 0 Å². The second-order valence-corrected chi connectivity index (χ2v) is 18.4. The molecule has 284 valence electrons. The summed E-state index contributed by atoms with van der Waals surface area (Å²) in [4.78, 5) is 11.5. The lowest BCUT2D eigenvalue weighted by atomic mass is 9.99. The van der Waals surface area contributed by atoms with Crippen LogP contribution in [-0.2, 0) is 0 Å². The van der Waals surface area contributed by atoms with E-state index in [0.29, 0.717) is 45.4 Å². The lowest BCUT2D eigenvalue weighted by molar-refractivity contribution is 0.304. The predicted octanol–water partition coefficient (Wildman–Crippen LogP) is 15.7. The molecule has 0 radical (unpaired) electrons. The molecular formula is C44H46Br2F2N2O2S2. The third-order valence-electron chi connectivity index (χ3n) is 9.43. The van der Waals surface area contributed by atoms with Crippen molar-refractivity contribution in [1.29, 1.82) is 0 Å². The molecule has 0 amide bonds. The first-order valence-electron chi connectivity index (χ1n) is 19.1. The van der Waals surface area contributed by atoms with Gasteiger partial charge in [-0.1, -0.05) is 78.1 Å². The van der Waals surface area contributed by atoms with Crippen molar-refractivity contribution < 1.29 is 18.3 Å². The number of benzene rings is 3. The van der Waals surface area contributed by atoms with E-state index in [1.807, 2.05) is 60.7 Å². The Kier molecular flexibility index (Phi) is 15.1. The molecule has 0 fully saturated rings. The highest BCUT2D eigenvalue weighted by Crippen LogP contribution is 2.46. The van der Waals surface area contributed by atoms with Crippen LogP contribution in [0.3, 0.4) is 0 Å². The summed E-state index contributed by atoms with van der Waals surface area (Å²) in [6, 6.07) is 22.9. The number of thiophene rings is 2. The smallest absolute Gasteiger partial charge is 0.170 e. The third-order valence-corrected chi connectivity index (χ3v) is 12.7. The number of fused-ring (bicyclic) bond motifs is 1. The molecule has 0 saturated carbocycles. The van der Waals surface area contributed by atoms with Gasteiger partial charge in [-0.3, -0.25) is 0 Å². The number of unbranched alkanes of at least 4 members (excludes halogenated alkanes) is 10. The van der Waals surface area contributed by atoms with Crippen molar-refractivity contribution in [3.8, 4) is 54.9 Å². The zero-order valence-corrected chi connectivity index (χ0v) is 35.7. The summed E-state index contributed by atoms with van der Waals surface area (Å²) in [7, 11) is 0. The zero-order chi connectivity index (χ0) is 37.9. The normalized spacial score (nSPS) is 11.4. The summed E-state index contributed by atoms with van der Waals surface area (Å²) in [6.07, 6.45) is 14.3. The second kappa shape index (κ2) is 20.1. The Morgan fingerprint density at radius 1 is 0.500 bits per heavy atom. The van der Waals surface area contributed by atoms with E-state index in [4.69, 9.17) is 19.4 Å². The number of nitrogens with zero attached hydrogens (tertiary/aromatic N) is 2. The van der Waals surface area contributed by atoms with Crippen molar-refractivity contribution in [2.75, 3.05) is 13.2 Å². The Labute approximate surface area is 342 Å². The molecule has 54 heavy (non-hydrogen) atoms. The fourth-order valence-corrected chi connectivity index (χ4v) is 9.38. The van der Waals surface area contributed by atoms with Crippen LogP contribution in [-0.4, -0.2) is 23.2 Å². The highest BCUT2D eigenvalue weighted by atomic mass is 79.9. The van der Waals surface area contributed by atoms with E-state index in [2.05, 4.69) is 45.7 Å². The second-order valence-electron chi connectivity index (χ2n) is 13.5. The molecular weight excluding hydrogens is 850 g/mol. The van der Waals surface area contributed by atoms with Gasteiger partial charge in [0.05, 0.1) is 43.3 Å². The SMILES string of the molecule is CCCCCCCCOc1ccc(-c2nc3c(-c4ccc(Br)s4)c(F)c(F)c(-c4ccc(Br)s4)c3nc2-c2ccc(OCCCCCCCC)cc2)cc1. The number of ether oxygens (including phenoxy) is 2. The van der Waals surface area contributed by atoms with Crippen molar-refractivity contribution in [3.63, 3.8) is 0 Å². The molecule has 6 aromatic rings. The first kappa shape index (κ1) is 40.5. The minimum atomic E-state index is -0.949. The molecule has 3 heterocycles. The average Bonchev–Trinajstić information content (AvgIpc) is 3.82. The molecule has 4 nitrogen and oxygen atoms in total. The van der Waals surface area contributed by atoms with Crippen LogP contribution in [0.15, 0.2) is 80.4 Å². The molecule has 0 aliphatic heterocycles. The van der Waals surface area contributed by atoms with Gasteiger partial charge < -0.3 is 9.47 Å². The standard InChI is InChI=1S/C44H46Br2F2N2O2S2/c1-3-5-7-9-11-13-27-51-31-19-15-29(16-20-31)41-42(30-17-21-32(22-18-30)52-28-14-12-10-8-6-4-2)50-44-38(34-24-26-36(46)54-34)40(48)39(47)37(43(44)49-41)33-23-25-35(45)53-33/h15-26H,3-14,27-28H2,1-2H3. The molecule has 0 aliphatic rings. The zero-order valence-electron chi connectivity index (χ0n) is 30.9. The quantitative estimate of drug-likeness (QED) is 0.0716. The number of hydrogen-bond acceptors (Lipinski definition) is 6. The van der Waals surface area contributed by atoms with Gasteiger partial charge in [0.15, 0.2) is 11.6 Å². The van der Waals surface area contributed by atoms with Crippen LogP contribution in [0, 0.1) is 11.6 Å². The van der Waals surface area contributed by atoms with Crippen LogP contribution >= 0.6 is 54.5 Å². The summed E-state index contributed by atoms with van der Waals surface area (Å²) in [5.74, 6) is -0.348. The summed E-state index contributed by atoms with van der Waals surface area (Å²) in [6.45, 7) is 5.77. The number of halogens is 4. The van der Waals surface area contributed by atoms with Gasteiger partial charge in [-0.15, -0.1) is 22.7 Å². The summed E-state index contributed by atoms with van der Waals surface area (Å²) >= 11 is 9.66. The topological polar surface area (TPSA) is 44.2 Å². The van der Waals surface area contributed by atoms with E-state index < -0.39 is 11.6 Å². The van der Waals surface area contributed by atoms with Gasteiger partial charge in [0.2, 0.25) is 0 Å². The summed E-state index contributed by atoms with van der Waals surface area (Å²) < 4.78 is 46.6. The van der Waals surface area contributed by atoms with E-state index in [0.717, 1.165) is 55.9 Å². The first-order valence-corrected chi connectivity index (χ1v) is 22.3. The van der Waals surface area contributed by atoms with Gasteiger partial charge in [-0.05, 0) is 117 Å². The third kappa shape index (κ3) is 10.2. The molecule has 0 spiro atoms. The summed E-state index contributed by atoms with van der Waals surface area (Å²) in [5.41, 5.74) is 3.48. The Morgan fingerprint density at radius 3 is 1.22 bits per heavy atom. The number of hydrogen-bond donors (Lipinski definition) is 0. The van der Waals surface area contributed by atoms with Crippen molar-refractivity contribution >= 4 is 65.6 Å². The van der Waals surface area contributed by atoms with Gasteiger partial charge >= 0.3 is 0 Å². The number of rotatable bonds is 20. The minimum absolute atomic E-state index is 0.0928. The molecule has 0 N–H and O–H groups in total. The van der Waals surface area contributed by atoms with Crippen LogP contribution in [0.2, 0.25) is 0 Å². The van der Waals surface area contributed by atoms with Gasteiger partial charge in [-0.2, -0.15) is 0 Å². The predicted molar refractivity (Wildman–Crippen MR) is 230 cm³/mol. The van der Waals surface area contributed by atoms with Crippen molar-refractivity contribution in [1.82, 2.24) is 9.97 Å². The van der Waals surface area contributed by atoms with Crippen molar-refractivity contribution in [3.05, 3.63) is 92.0 Å². The molecule has 10 heteroatoms. The van der Waals surface area contributed by atoms with Crippen LogP contribution in [0.4, 0.5) is 8.78 Å².